The number of aryl methyl sites for hydroxylation is 2. The summed E-state index contributed by atoms with van der Waals surface area (Å²) in [5.74, 6) is -0.0524. The van der Waals surface area contributed by atoms with Crippen LogP contribution in [0.5, 0.6) is 0 Å². The quantitative estimate of drug-likeness (QED) is 0.495. The minimum Gasteiger partial charge on any atom is -0.464 e. The molecule has 3 aromatic carbocycles. The van der Waals surface area contributed by atoms with Gasteiger partial charge < -0.3 is 9.73 Å². The van der Waals surface area contributed by atoms with E-state index in [0.29, 0.717) is 0 Å². The average molecular weight is 355 g/mol. The summed E-state index contributed by atoms with van der Waals surface area (Å²) in [6, 6.07) is 22.2. The smallest absolute Gasteiger partial charge is 0.228 e. The summed E-state index contributed by atoms with van der Waals surface area (Å²) in [6.45, 7) is 4.10. The predicted octanol–water partition coefficient (Wildman–Crippen LogP) is 5.90. The minimum atomic E-state index is -0.0524. The van der Waals surface area contributed by atoms with Crippen molar-refractivity contribution in [1.82, 2.24) is 0 Å². The molecule has 1 amide bonds. The first-order valence-corrected chi connectivity index (χ1v) is 9.03. The molecule has 0 saturated carbocycles. The van der Waals surface area contributed by atoms with Crippen LogP contribution in [0.15, 0.2) is 77.4 Å². The van der Waals surface area contributed by atoms with Crippen molar-refractivity contribution in [2.75, 3.05) is 5.32 Å². The van der Waals surface area contributed by atoms with Gasteiger partial charge in [-0.3, -0.25) is 4.79 Å². The van der Waals surface area contributed by atoms with Crippen LogP contribution in [0.4, 0.5) is 5.69 Å². The van der Waals surface area contributed by atoms with E-state index >= 15 is 0 Å². The molecular weight excluding hydrogens is 334 g/mol. The van der Waals surface area contributed by atoms with Gasteiger partial charge in [0.15, 0.2) is 0 Å². The van der Waals surface area contributed by atoms with Gasteiger partial charge in [0.2, 0.25) is 5.91 Å². The van der Waals surface area contributed by atoms with E-state index < -0.39 is 0 Å². The summed E-state index contributed by atoms with van der Waals surface area (Å²) in [5.41, 5.74) is 7.16. The number of anilines is 1. The Balaban J connectivity index is 1.48. The predicted molar refractivity (Wildman–Crippen MR) is 110 cm³/mol. The fourth-order valence-electron chi connectivity index (χ4n) is 3.28. The van der Waals surface area contributed by atoms with Gasteiger partial charge in [-0.1, -0.05) is 54.6 Å². The second kappa shape index (κ2) is 7.12. The van der Waals surface area contributed by atoms with Crippen LogP contribution in [0, 0.1) is 13.8 Å². The zero-order valence-electron chi connectivity index (χ0n) is 15.5. The molecule has 0 saturated heterocycles. The van der Waals surface area contributed by atoms with E-state index in [1.807, 2.05) is 55.5 Å². The molecule has 4 rings (SSSR count). The highest BCUT2D eigenvalue weighted by atomic mass is 16.3. The number of benzene rings is 3. The molecule has 0 radical (unpaired) electrons. The Labute approximate surface area is 158 Å². The number of furan rings is 1. The van der Waals surface area contributed by atoms with Crippen LogP contribution in [0.3, 0.4) is 0 Å². The third-order valence-electron chi connectivity index (χ3n) is 4.97. The van der Waals surface area contributed by atoms with Crippen molar-refractivity contribution in [2.24, 2.45) is 0 Å². The van der Waals surface area contributed by atoms with Crippen LogP contribution in [0.2, 0.25) is 0 Å². The Morgan fingerprint density at radius 3 is 2.33 bits per heavy atom. The maximum absolute atomic E-state index is 12.5. The summed E-state index contributed by atoms with van der Waals surface area (Å²) in [4.78, 5) is 12.5. The zero-order chi connectivity index (χ0) is 18.8. The number of fused-ring (bicyclic) bond motifs is 1. The van der Waals surface area contributed by atoms with Gasteiger partial charge in [0, 0.05) is 16.6 Å². The molecular formula is C24H21NO2. The normalized spacial score (nSPS) is 10.9. The molecule has 0 bridgehead atoms. The molecule has 4 aromatic rings. The van der Waals surface area contributed by atoms with Crippen LogP contribution < -0.4 is 5.32 Å². The van der Waals surface area contributed by atoms with E-state index in [2.05, 4.69) is 30.4 Å². The maximum Gasteiger partial charge on any atom is 0.228 e. The number of hydrogen-bond donors (Lipinski definition) is 1. The molecule has 27 heavy (non-hydrogen) atoms. The number of hydrogen-bond acceptors (Lipinski definition) is 2. The van der Waals surface area contributed by atoms with E-state index in [9.17, 15) is 4.79 Å². The van der Waals surface area contributed by atoms with Crippen LogP contribution in [-0.2, 0) is 11.2 Å². The molecule has 0 atom stereocenters. The first-order chi connectivity index (χ1) is 13.1. The standard InChI is InChI=1S/C24H21NO2/c1-16-8-13-22-20(15-27-24(22)17(16)2)14-23(26)25-21-11-9-19(10-12-21)18-6-4-3-5-7-18/h3-13,15H,14H2,1-2H3,(H,25,26). The summed E-state index contributed by atoms with van der Waals surface area (Å²) < 4.78 is 5.70. The lowest BCUT2D eigenvalue weighted by atomic mass is 10.0. The molecule has 3 nitrogen and oxygen atoms in total. The van der Waals surface area contributed by atoms with Crippen LogP contribution in [-0.4, -0.2) is 5.91 Å². The lowest BCUT2D eigenvalue weighted by Crippen LogP contribution is -2.14. The van der Waals surface area contributed by atoms with Crippen molar-refractivity contribution in [3.63, 3.8) is 0 Å². The molecule has 1 aromatic heterocycles. The largest absolute Gasteiger partial charge is 0.464 e. The lowest BCUT2D eigenvalue weighted by molar-refractivity contribution is -0.115. The van der Waals surface area contributed by atoms with Gasteiger partial charge in [-0.15, -0.1) is 0 Å². The van der Waals surface area contributed by atoms with E-state index in [1.165, 1.54) is 5.56 Å². The topological polar surface area (TPSA) is 42.2 Å². The van der Waals surface area contributed by atoms with Crippen molar-refractivity contribution < 1.29 is 9.21 Å². The lowest BCUT2D eigenvalue weighted by Gasteiger charge is -2.07. The molecule has 0 aliphatic heterocycles. The van der Waals surface area contributed by atoms with Gasteiger partial charge in [0.25, 0.3) is 0 Å². The molecule has 1 heterocycles. The summed E-state index contributed by atoms with van der Waals surface area (Å²) in [7, 11) is 0. The second-order valence-electron chi connectivity index (χ2n) is 6.81. The SMILES string of the molecule is Cc1ccc2c(CC(=O)Nc3ccc(-c4ccccc4)cc3)coc2c1C. The Bertz CT molecular complexity index is 1090. The van der Waals surface area contributed by atoms with E-state index in [4.69, 9.17) is 4.42 Å². The van der Waals surface area contributed by atoms with Crippen molar-refractivity contribution in [2.45, 2.75) is 20.3 Å². The van der Waals surface area contributed by atoms with Crippen LogP contribution in [0.1, 0.15) is 16.7 Å². The molecule has 0 aliphatic rings. The van der Waals surface area contributed by atoms with Crippen molar-refractivity contribution in [3.05, 3.63) is 89.7 Å². The molecule has 0 fully saturated rings. The third kappa shape index (κ3) is 3.49. The van der Waals surface area contributed by atoms with E-state index in [-0.39, 0.29) is 12.3 Å². The molecule has 134 valence electrons. The van der Waals surface area contributed by atoms with Gasteiger partial charge in [0.05, 0.1) is 12.7 Å². The highest BCUT2D eigenvalue weighted by molar-refractivity contribution is 5.96. The molecule has 0 unspecified atom stereocenters. The van der Waals surface area contributed by atoms with Gasteiger partial charge in [-0.2, -0.15) is 0 Å². The highest BCUT2D eigenvalue weighted by Crippen LogP contribution is 2.27. The number of rotatable bonds is 4. The van der Waals surface area contributed by atoms with Gasteiger partial charge >= 0.3 is 0 Å². The Hall–Kier alpha value is -3.33. The van der Waals surface area contributed by atoms with Gasteiger partial charge in [0.1, 0.15) is 5.58 Å². The monoisotopic (exact) mass is 355 g/mol. The molecule has 1 N–H and O–H groups in total. The number of carbonyl (C=O) groups is 1. The summed E-state index contributed by atoms with van der Waals surface area (Å²) >= 11 is 0. The first-order valence-electron chi connectivity index (χ1n) is 9.03. The Morgan fingerprint density at radius 1 is 0.889 bits per heavy atom. The summed E-state index contributed by atoms with van der Waals surface area (Å²) in [5, 5.41) is 3.98. The fourth-order valence-corrected chi connectivity index (χ4v) is 3.28. The number of carbonyl (C=O) groups excluding carboxylic acids is 1. The maximum atomic E-state index is 12.5. The number of nitrogens with one attached hydrogen (secondary N) is 1. The molecule has 0 spiro atoms. The van der Waals surface area contributed by atoms with Gasteiger partial charge in [-0.05, 0) is 48.2 Å². The van der Waals surface area contributed by atoms with Crippen LogP contribution >= 0.6 is 0 Å². The highest BCUT2D eigenvalue weighted by Gasteiger charge is 2.13. The summed E-state index contributed by atoms with van der Waals surface area (Å²) in [6.07, 6.45) is 1.98. The van der Waals surface area contributed by atoms with E-state index in [1.54, 1.807) is 6.26 Å². The van der Waals surface area contributed by atoms with Crippen LogP contribution in [0.25, 0.3) is 22.1 Å². The number of amides is 1. The van der Waals surface area contributed by atoms with E-state index in [0.717, 1.165) is 38.9 Å². The Kier molecular flexibility index (Phi) is 4.51. The zero-order valence-corrected chi connectivity index (χ0v) is 15.5. The van der Waals surface area contributed by atoms with Crippen molar-refractivity contribution in [1.29, 1.82) is 0 Å². The van der Waals surface area contributed by atoms with Gasteiger partial charge in [-0.25, -0.2) is 0 Å². The average Bonchev–Trinajstić information content (AvgIpc) is 3.09. The minimum absolute atomic E-state index is 0.0524. The molecule has 0 aliphatic carbocycles. The first kappa shape index (κ1) is 17.1. The molecule has 3 heteroatoms. The fraction of sp³-hybridized carbons (Fsp3) is 0.125. The third-order valence-corrected chi connectivity index (χ3v) is 4.97. The van der Waals surface area contributed by atoms with Crippen molar-refractivity contribution >= 4 is 22.6 Å². The second-order valence-corrected chi connectivity index (χ2v) is 6.81. The van der Waals surface area contributed by atoms with Crippen molar-refractivity contribution in [3.8, 4) is 11.1 Å². The Morgan fingerprint density at radius 2 is 1.59 bits per heavy atom.